The summed E-state index contributed by atoms with van der Waals surface area (Å²) < 4.78 is 120. The van der Waals surface area contributed by atoms with Gasteiger partial charge in [0.05, 0.1) is 5.52 Å². The summed E-state index contributed by atoms with van der Waals surface area (Å²) in [6, 6.07) is 15.1. The first kappa shape index (κ1) is 26.7. The third kappa shape index (κ3) is 7.04. The third-order valence-electron chi connectivity index (χ3n) is 4.45. The fraction of sp³-hybridized carbons (Fsp3) is 0.333. The van der Waals surface area contributed by atoms with Crippen LogP contribution in [0.4, 0.5) is 35.1 Å². The highest BCUT2D eigenvalue weighted by Gasteiger charge is 2.56. The Morgan fingerprint density at radius 3 is 1.97 bits per heavy atom. The summed E-state index contributed by atoms with van der Waals surface area (Å²) >= 11 is 0. The zero-order chi connectivity index (χ0) is 26.1. The van der Waals surface area contributed by atoms with Crippen LogP contribution in [-0.4, -0.2) is 47.7 Å². The van der Waals surface area contributed by atoms with Crippen LogP contribution in [0.3, 0.4) is 0 Å². The van der Waals surface area contributed by atoms with Crippen molar-refractivity contribution in [2.45, 2.75) is 24.8 Å². The molecule has 0 unspecified atom stereocenters. The zero-order valence-electron chi connectivity index (χ0n) is 17.7. The molecule has 1 aromatic heterocycles. The van der Waals surface area contributed by atoms with Gasteiger partial charge in [-0.05, 0) is 23.8 Å². The number of hydrogen-bond acceptors (Lipinski definition) is 5. The monoisotopic (exact) mass is 515 g/mol. The Hall–Kier alpha value is -2.94. The van der Waals surface area contributed by atoms with Crippen molar-refractivity contribution in [1.29, 1.82) is 0 Å². The number of rotatable bonds is 11. The van der Waals surface area contributed by atoms with E-state index in [0.29, 0.717) is 10.9 Å². The lowest BCUT2D eigenvalue weighted by Gasteiger charge is -2.27. The largest absolute Gasteiger partial charge is 0.496 e. The molecule has 0 spiro atoms. The minimum absolute atomic E-state index is 0.193. The number of halogens is 8. The Kier molecular flexibility index (Phi) is 7.32. The maximum Gasteiger partial charge on any atom is 0.496 e. The van der Waals surface area contributed by atoms with Crippen LogP contribution >= 0.6 is 0 Å². The first-order valence-electron chi connectivity index (χ1n) is 9.62. The van der Waals surface area contributed by atoms with Crippen LogP contribution in [0, 0.1) is 0 Å². The smallest absolute Gasteiger partial charge is 0.484 e. The summed E-state index contributed by atoms with van der Waals surface area (Å²) in [6.45, 7) is -4.19. The SMILES string of the molecule is Cn1c(-c2ccccc2)cc2ccc(OCC(F)(F)OC(F)(F)OC(F)(F)OC(F)(F)CO)cc21. The van der Waals surface area contributed by atoms with Crippen LogP contribution in [0.25, 0.3) is 22.2 Å². The molecule has 1 N–H and O–H groups in total. The maximum atomic E-state index is 13.8. The molecule has 0 bridgehead atoms. The average Bonchev–Trinajstić information content (AvgIpc) is 3.06. The summed E-state index contributed by atoms with van der Waals surface area (Å²) in [5.41, 5.74) is 2.20. The number of alkyl halides is 8. The van der Waals surface area contributed by atoms with Crippen molar-refractivity contribution in [3.8, 4) is 17.0 Å². The Morgan fingerprint density at radius 2 is 1.37 bits per heavy atom. The highest BCUT2D eigenvalue weighted by Crippen LogP contribution is 2.37. The summed E-state index contributed by atoms with van der Waals surface area (Å²) in [6.07, 6.45) is -21.5. The molecule has 0 aliphatic rings. The number of hydrogen-bond donors (Lipinski definition) is 1. The van der Waals surface area contributed by atoms with E-state index < -0.39 is 38.0 Å². The Balaban J connectivity index is 1.68. The summed E-state index contributed by atoms with van der Waals surface area (Å²) in [4.78, 5) is 0. The minimum atomic E-state index is -5.79. The van der Waals surface area contributed by atoms with E-state index in [0.717, 1.165) is 11.3 Å². The Bertz CT molecular complexity index is 1150. The topological polar surface area (TPSA) is 62.1 Å². The molecule has 192 valence electrons. The van der Waals surface area contributed by atoms with Gasteiger partial charge in [-0.3, -0.25) is 0 Å². The first-order valence-corrected chi connectivity index (χ1v) is 9.62. The molecule has 0 aliphatic carbocycles. The summed E-state index contributed by atoms with van der Waals surface area (Å²) in [5, 5.41) is 8.85. The van der Waals surface area contributed by atoms with Gasteiger partial charge in [0, 0.05) is 24.2 Å². The van der Waals surface area contributed by atoms with Crippen molar-refractivity contribution in [2.75, 3.05) is 13.2 Å². The van der Waals surface area contributed by atoms with E-state index in [1.54, 1.807) is 11.6 Å². The lowest BCUT2D eigenvalue weighted by Crippen LogP contribution is -2.46. The Labute approximate surface area is 192 Å². The lowest BCUT2D eigenvalue weighted by atomic mass is 10.1. The summed E-state index contributed by atoms with van der Waals surface area (Å²) in [5.74, 6) is -0.193. The van der Waals surface area contributed by atoms with Crippen molar-refractivity contribution in [3.63, 3.8) is 0 Å². The number of aliphatic hydroxyl groups excluding tert-OH is 1. The van der Waals surface area contributed by atoms with Crippen LogP contribution in [0.5, 0.6) is 5.75 Å². The molecule has 0 fully saturated rings. The highest BCUT2D eigenvalue weighted by atomic mass is 19.3. The quantitative estimate of drug-likeness (QED) is 0.268. The van der Waals surface area contributed by atoms with Crippen molar-refractivity contribution in [1.82, 2.24) is 4.57 Å². The van der Waals surface area contributed by atoms with Crippen LogP contribution in [0.1, 0.15) is 0 Å². The van der Waals surface area contributed by atoms with Crippen molar-refractivity contribution in [2.24, 2.45) is 7.05 Å². The van der Waals surface area contributed by atoms with Crippen molar-refractivity contribution in [3.05, 3.63) is 54.6 Å². The molecule has 14 heteroatoms. The Morgan fingerprint density at radius 1 is 0.771 bits per heavy atom. The van der Waals surface area contributed by atoms with Crippen molar-refractivity contribution < 1.29 is 59.2 Å². The number of ether oxygens (including phenoxy) is 4. The molecule has 1 heterocycles. The first-order chi connectivity index (χ1) is 16.1. The van der Waals surface area contributed by atoms with Gasteiger partial charge < -0.3 is 14.4 Å². The second-order valence-electron chi connectivity index (χ2n) is 7.13. The number of aryl methyl sites for hydroxylation is 1. The van der Waals surface area contributed by atoms with Crippen LogP contribution < -0.4 is 4.74 Å². The lowest BCUT2D eigenvalue weighted by molar-refractivity contribution is -0.574. The van der Waals surface area contributed by atoms with Crippen molar-refractivity contribution >= 4 is 10.9 Å². The second kappa shape index (κ2) is 9.60. The van der Waals surface area contributed by atoms with Gasteiger partial charge in [-0.15, -0.1) is 17.6 Å². The number of benzene rings is 2. The molecule has 35 heavy (non-hydrogen) atoms. The highest BCUT2D eigenvalue weighted by molar-refractivity contribution is 5.88. The van der Waals surface area contributed by atoms with E-state index in [1.807, 2.05) is 36.4 Å². The van der Waals surface area contributed by atoms with Gasteiger partial charge >= 0.3 is 24.8 Å². The minimum Gasteiger partial charge on any atom is -0.484 e. The van der Waals surface area contributed by atoms with Gasteiger partial charge in [0.25, 0.3) is 0 Å². The number of fused-ring (bicyclic) bond motifs is 1. The fourth-order valence-corrected chi connectivity index (χ4v) is 3.04. The normalized spacial score (nSPS) is 13.4. The predicted molar refractivity (Wildman–Crippen MR) is 104 cm³/mol. The van der Waals surface area contributed by atoms with E-state index in [1.165, 1.54) is 18.2 Å². The predicted octanol–water partition coefficient (Wildman–Crippen LogP) is 5.55. The third-order valence-corrected chi connectivity index (χ3v) is 4.45. The van der Waals surface area contributed by atoms with Crippen LogP contribution in [0.15, 0.2) is 54.6 Å². The number of nitrogens with zero attached hydrogens (tertiary/aromatic N) is 1. The standard InChI is InChI=1S/C21H17F8NO5/c1-30-16(13-5-3-2-4-6-13)9-14-7-8-15(10-17(14)30)32-12-19(24,25)34-21(28,29)35-20(26,27)33-18(22,23)11-31/h2-10,31H,11-12H2,1H3. The molecule has 0 amide bonds. The van der Waals surface area contributed by atoms with Gasteiger partial charge in [-0.25, -0.2) is 14.2 Å². The fourth-order valence-electron chi connectivity index (χ4n) is 3.04. The molecule has 3 aromatic rings. The molecule has 0 radical (unpaired) electrons. The molecule has 3 rings (SSSR count). The molecule has 0 saturated heterocycles. The molecule has 6 nitrogen and oxygen atoms in total. The average molecular weight is 515 g/mol. The van der Waals surface area contributed by atoms with Gasteiger partial charge in [0.15, 0.2) is 6.61 Å². The zero-order valence-corrected chi connectivity index (χ0v) is 17.7. The number of aliphatic hydroxyl groups is 1. The summed E-state index contributed by atoms with van der Waals surface area (Å²) in [7, 11) is 1.70. The number of aromatic nitrogens is 1. The van der Waals surface area contributed by atoms with Gasteiger partial charge in [0.2, 0.25) is 0 Å². The molecular formula is C21H17F8NO5. The van der Waals surface area contributed by atoms with E-state index >= 15 is 0 Å². The maximum absolute atomic E-state index is 13.8. The van der Waals surface area contributed by atoms with E-state index in [9.17, 15) is 35.1 Å². The van der Waals surface area contributed by atoms with E-state index in [2.05, 4.69) is 14.2 Å². The molecule has 0 atom stereocenters. The molecule has 0 saturated carbocycles. The van der Waals surface area contributed by atoms with Gasteiger partial charge in [-0.2, -0.15) is 17.6 Å². The molecule has 0 aliphatic heterocycles. The van der Waals surface area contributed by atoms with Gasteiger partial charge in [-0.1, -0.05) is 30.3 Å². The van der Waals surface area contributed by atoms with Crippen LogP contribution in [-0.2, 0) is 21.3 Å². The molecule has 2 aromatic carbocycles. The van der Waals surface area contributed by atoms with E-state index in [4.69, 9.17) is 9.84 Å². The second-order valence-corrected chi connectivity index (χ2v) is 7.13. The van der Waals surface area contributed by atoms with E-state index in [-0.39, 0.29) is 5.75 Å². The molecular weight excluding hydrogens is 498 g/mol. The van der Waals surface area contributed by atoms with Crippen LogP contribution in [0.2, 0.25) is 0 Å². The van der Waals surface area contributed by atoms with Gasteiger partial charge in [0.1, 0.15) is 12.4 Å².